The first-order valence-electron chi connectivity index (χ1n) is 7.07. The third kappa shape index (κ3) is 3.74. The average Bonchev–Trinajstić information content (AvgIpc) is 2.84. The number of carboxylic acid groups (broad SMARTS) is 1. The molecule has 1 aromatic rings. The van der Waals surface area contributed by atoms with Gasteiger partial charge in [-0.15, -0.1) is 11.8 Å². The van der Waals surface area contributed by atoms with Gasteiger partial charge in [-0.1, -0.05) is 6.92 Å². The van der Waals surface area contributed by atoms with Gasteiger partial charge in [0.2, 0.25) is 0 Å². The Balaban J connectivity index is 2.05. The van der Waals surface area contributed by atoms with E-state index < -0.39 is 23.1 Å². The molecule has 1 aliphatic carbocycles. The topological polar surface area (TPSA) is 49.3 Å². The summed E-state index contributed by atoms with van der Waals surface area (Å²) in [4.78, 5) is 11.9. The highest BCUT2D eigenvalue weighted by Gasteiger charge is 2.45. The van der Waals surface area contributed by atoms with Gasteiger partial charge in [0.15, 0.2) is 0 Å². The summed E-state index contributed by atoms with van der Waals surface area (Å²) in [5, 5.41) is 12.6. The second-order valence-electron chi connectivity index (χ2n) is 5.37. The lowest BCUT2D eigenvalue weighted by Gasteiger charge is -2.25. The minimum atomic E-state index is -0.913. The maximum atomic E-state index is 13.7. The molecule has 116 valence electrons. The molecule has 3 nitrogen and oxygen atoms in total. The molecular formula is C15H19F2NO2S. The molecule has 2 unspecified atom stereocenters. The molecule has 0 radical (unpaired) electrons. The van der Waals surface area contributed by atoms with Gasteiger partial charge in [0.05, 0.1) is 0 Å². The van der Waals surface area contributed by atoms with Crippen molar-refractivity contribution in [3.05, 3.63) is 29.8 Å². The van der Waals surface area contributed by atoms with Crippen LogP contribution >= 0.6 is 11.8 Å². The Labute approximate surface area is 127 Å². The molecule has 0 spiro atoms. The summed E-state index contributed by atoms with van der Waals surface area (Å²) in [6, 6.07) is 3.49. The number of rotatable bonds is 6. The van der Waals surface area contributed by atoms with E-state index in [2.05, 4.69) is 5.32 Å². The second-order valence-corrected chi connectivity index (χ2v) is 6.71. The zero-order valence-electron chi connectivity index (χ0n) is 11.9. The standard InChI is InChI=1S/C15H19F2NO2S/c1-2-7-18-15(14(19)20)6-5-11(9-15)21-13-4-3-10(16)8-12(13)17/h3-4,8,11,18H,2,5-7,9H2,1H3,(H,19,20). The van der Waals surface area contributed by atoms with Crippen molar-refractivity contribution in [2.45, 2.75) is 48.3 Å². The first kappa shape index (κ1) is 16.2. The lowest BCUT2D eigenvalue weighted by molar-refractivity contribution is -0.144. The van der Waals surface area contributed by atoms with Crippen LogP contribution in [0.15, 0.2) is 23.1 Å². The molecule has 1 fully saturated rings. The SMILES string of the molecule is CCCNC1(C(=O)O)CCC(Sc2ccc(F)cc2F)C1. The molecule has 2 atom stereocenters. The predicted molar refractivity (Wildman–Crippen MR) is 78.5 cm³/mol. The van der Waals surface area contributed by atoms with Gasteiger partial charge < -0.3 is 10.4 Å². The van der Waals surface area contributed by atoms with Crippen LogP contribution in [0.3, 0.4) is 0 Å². The smallest absolute Gasteiger partial charge is 0.323 e. The molecule has 0 amide bonds. The monoisotopic (exact) mass is 315 g/mol. The van der Waals surface area contributed by atoms with Crippen molar-refractivity contribution in [1.29, 1.82) is 0 Å². The van der Waals surface area contributed by atoms with Crippen molar-refractivity contribution < 1.29 is 18.7 Å². The molecule has 2 N–H and O–H groups in total. The van der Waals surface area contributed by atoms with Crippen molar-refractivity contribution in [3.63, 3.8) is 0 Å². The van der Waals surface area contributed by atoms with E-state index in [1.165, 1.54) is 23.9 Å². The minimum absolute atomic E-state index is 0.0189. The van der Waals surface area contributed by atoms with E-state index in [9.17, 15) is 18.7 Å². The number of carboxylic acids is 1. The fraction of sp³-hybridized carbons (Fsp3) is 0.533. The molecule has 0 bridgehead atoms. The molecule has 0 aromatic heterocycles. The summed E-state index contributed by atoms with van der Waals surface area (Å²) >= 11 is 1.29. The number of nitrogens with one attached hydrogen (secondary N) is 1. The fourth-order valence-electron chi connectivity index (χ4n) is 2.65. The molecule has 1 saturated carbocycles. The van der Waals surface area contributed by atoms with Crippen molar-refractivity contribution in [2.75, 3.05) is 6.54 Å². The van der Waals surface area contributed by atoms with Crippen LogP contribution in [0.2, 0.25) is 0 Å². The summed E-state index contributed by atoms with van der Waals surface area (Å²) in [7, 11) is 0. The van der Waals surface area contributed by atoms with Crippen LogP contribution in [0.5, 0.6) is 0 Å². The largest absolute Gasteiger partial charge is 0.480 e. The van der Waals surface area contributed by atoms with E-state index in [-0.39, 0.29) is 5.25 Å². The first-order chi connectivity index (χ1) is 9.97. The van der Waals surface area contributed by atoms with Gasteiger partial charge in [0.25, 0.3) is 0 Å². The summed E-state index contributed by atoms with van der Waals surface area (Å²) < 4.78 is 26.6. The number of hydrogen-bond acceptors (Lipinski definition) is 3. The molecule has 1 aliphatic rings. The molecule has 21 heavy (non-hydrogen) atoms. The quantitative estimate of drug-likeness (QED) is 0.844. The van der Waals surface area contributed by atoms with Crippen LogP contribution in [0.1, 0.15) is 32.6 Å². The van der Waals surface area contributed by atoms with Crippen molar-refractivity contribution in [2.24, 2.45) is 0 Å². The van der Waals surface area contributed by atoms with Gasteiger partial charge in [-0.25, -0.2) is 8.78 Å². The molecule has 1 aromatic carbocycles. The van der Waals surface area contributed by atoms with Gasteiger partial charge in [-0.05, 0) is 44.4 Å². The Kier molecular flexibility index (Phi) is 5.22. The third-order valence-electron chi connectivity index (χ3n) is 3.78. The van der Waals surface area contributed by atoms with Crippen molar-refractivity contribution in [3.8, 4) is 0 Å². The van der Waals surface area contributed by atoms with Gasteiger partial charge in [-0.3, -0.25) is 4.79 Å². The number of thioether (sulfide) groups is 1. The molecule has 0 aliphatic heterocycles. The van der Waals surface area contributed by atoms with Gasteiger partial charge in [0, 0.05) is 16.2 Å². The van der Waals surface area contributed by atoms with E-state index >= 15 is 0 Å². The van der Waals surface area contributed by atoms with E-state index in [1.54, 1.807) is 0 Å². The number of hydrogen-bond donors (Lipinski definition) is 2. The summed E-state index contributed by atoms with van der Waals surface area (Å²) in [6.45, 7) is 2.63. The Hall–Kier alpha value is -1.14. The van der Waals surface area contributed by atoms with E-state index in [0.29, 0.717) is 30.7 Å². The number of carbonyl (C=O) groups is 1. The third-order valence-corrected chi connectivity index (χ3v) is 5.10. The van der Waals surface area contributed by atoms with Gasteiger partial charge in [0.1, 0.15) is 17.2 Å². The van der Waals surface area contributed by atoms with Crippen molar-refractivity contribution >= 4 is 17.7 Å². The lowest BCUT2D eigenvalue weighted by atomic mass is 9.98. The summed E-state index contributed by atoms with van der Waals surface area (Å²) in [5.74, 6) is -2.04. The van der Waals surface area contributed by atoms with E-state index in [4.69, 9.17) is 0 Å². The van der Waals surface area contributed by atoms with E-state index in [1.807, 2.05) is 6.92 Å². The molecular weight excluding hydrogens is 296 g/mol. The van der Waals surface area contributed by atoms with Crippen LogP contribution < -0.4 is 5.32 Å². The highest BCUT2D eigenvalue weighted by molar-refractivity contribution is 8.00. The first-order valence-corrected chi connectivity index (χ1v) is 7.95. The van der Waals surface area contributed by atoms with Gasteiger partial charge >= 0.3 is 5.97 Å². The highest BCUT2D eigenvalue weighted by atomic mass is 32.2. The van der Waals surface area contributed by atoms with Gasteiger partial charge in [-0.2, -0.15) is 0 Å². The van der Waals surface area contributed by atoms with Crippen molar-refractivity contribution in [1.82, 2.24) is 5.32 Å². The molecule has 2 rings (SSSR count). The normalized spacial score (nSPS) is 25.2. The molecule has 0 saturated heterocycles. The highest BCUT2D eigenvalue weighted by Crippen LogP contribution is 2.41. The maximum Gasteiger partial charge on any atom is 0.323 e. The van der Waals surface area contributed by atoms with Crippen LogP contribution in [0.4, 0.5) is 8.78 Å². The zero-order valence-corrected chi connectivity index (χ0v) is 12.7. The minimum Gasteiger partial charge on any atom is -0.480 e. The molecule has 0 heterocycles. The second kappa shape index (κ2) is 6.75. The Morgan fingerprint density at radius 1 is 1.52 bits per heavy atom. The number of halogens is 2. The fourth-order valence-corrected chi connectivity index (χ4v) is 3.93. The number of aliphatic carboxylic acids is 1. The predicted octanol–water partition coefficient (Wildman–Crippen LogP) is 3.43. The summed E-state index contributed by atoms with van der Waals surface area (Å²) in [6.07, 6.45) is 2.54. The van der Waals surface area contributed by atoms with Crippen LogP contribution in [-0.4, -0.2) is 28.4 Å². The summed E-state index contributed by atoms with van der Waals surface area (Å²) in [5.41, 5.74) is -0.913. The maximum absolute atomic E-state index is 13.7. The zero-order chi connectivity index (χ0) is 15.5. The van der Waals surface area contributed by atoms with Crippen LogP contribution in [0, 0.1) is 11.6 Å². The Morgan fingerprint density at radius 3 is 2.90 bits per heavy atom. The molecule has 6 heteroatoms. The number of benzene rings is 1. The Bertz CT molecular complexity index is 526. The van der Waals surface area contributed by atoms with E-state index in [0.717, 1.165) is 12.5 Å². The van der Waals surface area contributed by atoms with Crippen LogP contribution in [0.25, 0.3) is 0 Å². The lowest BCUT2D eigenvalue weighted by Crippen LogP contribution is -2.50. The van der Waals surface area contributed by atoms with Crippen LogP contribution in [-0.2, 0) is 4.79 Å². The Morgan fingerprint density at radius 2 is 2.29 bits per heavy atom. The average molecular weight is 315 g/mol.